The Labute approximate surface area is 117 Å². The van der Waals surface area contributed by atoms with Crippen LogP contribution in [0, 0.1) is 0 Å². The molecular formula is C12H14BrF3N2O. The van der Waals surface area contributed by atoms with Crippen LogP contribution in [0.1, 0.15) is 19.4 Å². The van der Waals surface area contributed by atoms with E-state index in [9.17, 15) is 18.0 Å². The number of carbonyl (C=O) groups excluding carboxylic acids is 1. The number of rotatable bonds is 4. The van der Waals surface area contributed by atoms with Crippen LogP contribution < -0.4 is 10.6 Å². The van der Waals surface area contributed by atoms with E-state index in [1.54, 1.807) is 6.92 Å². The van der Waals surface area contributed by atoms with E-state index in [0.717, 1.165) is 6.07 Å². The summed E-state index contributed by atoms with van der Waals surface area (Å²) >= 11 is 3.00. The van der Waals surface area contributed by atoms with Gasteiger partial charge in [0.1, 0.15) is 6.04 Å². The molecule has 0 bridgehead atoms. The second kappa shape index (κ2) is 6.27. The third-order valence-corrected chi connectivity index (χ3v) is 2.90. The zero-order valence-electron chi connectivity index (χ0n) is 10.4. The quantitative estimate of drug-likeness (QED) is 0.883. The van der Waals surface area contributed by atoms with Crippen molar-refractivity contribution in [2.75, 3.05) is 11.9 Å². The summed E-state index contributed by atoms with van der Waals surface area (Å²) in [6.45, 7) is 3.68. The lowest BCUT2D eigenvalue weighted by molar-refractivity contribution is -0.137. The van der Waals surface area contributed by atoms with E-state index in [2.05, 4.69) is 26.6 Å². The van der Waals surface area contributed by atoms with Crippen LogP contribution in [0.2, 0.25) is 0 Å². The van der Waals surface area contributed by atoms with Crippen LogP contribution in [-0.2, 0) is 11.0 Å². The number of hydrogen-bond donors (Lipinski definition) is 2. The summed E-state index contributed by atoms with van der Waals surface area (Å²) in [7, 11) is 0. The summed E-state index contributed by atoms with van der Waals surface area (Å²) in [5, 5.41) is 5.12. The monoisotopic (exact) mass is 338 g/mol. The Morgan fingerprint density at radius 1 is 1.42 bits per heavy atom. The van der Waals surface area contributed by atoms with Gasteiger partial charge in [0.25, 0.3) is 0 Å². The lowest BCUT2D eigenvalue weighted by Gasteiger charge is -2.19. The summed E-state index contributed by atoms with van der Waals surface area (Å²) in [6.07, 6.45) is -4.48. The summed E-state index contributed by atoms with van der Waals surface area (Å²) < 4.78 is 38.9. The van der Waals surface area contributed by atoms with Gasteiger partial charge in [-0.2, -0.15) is 13.2 Å². The Hall–Kier alpha value is -1.24. The van der Waals surface area contributed by atoms with E-state index in [0.29, 0.717) is 11.0 Å². The van der Waals surface area contributed by atoms with Crippen molar-refractivity contribution in [1.82, 2.24) is 5.32 Å². The molecule has 7 heteroatoms. The van der Waals surface area contributed by atoms with Gasteiger partial charge in [-0.05, 0) is 32.0 Å². The van der Waals surface area contributed by atoms with Gasteiger partial charge in [0.15, 0.2) is 0 Å². The van der Waals surface area contributed by atoms with Crippen LogP contribution in [0.25, 0.3) is 0 Å². The first kappa shape index (κ1) is 15.8. The molecule has 0 spiro atoms. The van der Waals surface area contributed by atoms with E-state index in [4.69, 9.17) is 0 Å². The largest absolute Gasteiger partial charge is 0.418 e. The molecule has 0 saturated heterocycles. The van der Waals surface area contributed by atoms with E-state index < -0.39 is 17.8 Å². The Bertz CT molecular complexity index is 463. The standard InChI is InChI=1S/C12H14BrF3N2O/c1-3-17-11(19)7(2)18-10-5-4-8(13)6-9(10)12(14,15)16/h4-7,18H,3H2,1-2H3,(H,17,19). The molecule has 0 aliphatic rings. The fourth-order valence-corrected chi connectivity index (χ4v) is 1.86. The molecule has 0 aliphatic heterocycles. The maximum absolute atomic E-state index is 12.9. The van der Waals surface area contributed by atoms with Gasteiger partial charge in [0.05, 0.1) is 5.56 Å². The second-order valence-corrected chi connectivity index (χ2v) is 4.86. The Balaban J connectivity index is 2.98. The predicted molar refractivity (Wildman–Crippen MR) is 70.9 cm³/mol. The average Bonchev–Trinajstić information content (AvgIpc) is 2.30. The van der Waals surface area contributed by atoms with E-state index >= 15 is 0 Å². The van der Waals surface area contributed by atoms with Crippen LogP contribution in [0.15, 0.2) is 22.7 Å². The highest BCUT2D eigenvalue weighted by Gasteiger charge is 2.34. The molecule has 1 amide bonds. The van der Waals surface area contributed by atoms with Crippen molar-refractivity contribution in [1.29, 1.82) is 0 Å². The molecule has 0 heterocycles. The van der Waals surface area contributed by atoms with Gasteiger partial charge in [-0.15, -0.1) is 0 Å². The van der Waals surface area contributed by atoms with E-state index in [1.165, 1.54) is 19.1 Å². The molecule has 0 aliphatic carbocycles. The lowest BCUT2D eigenvalue weighted by atomic mass is 10.1. The fourth-order valence-electron chi connectivity index (χ4n) is 1.50. The van der Waals surface area contributed by atoms with Crippen molar-refractivity contribution in [3.8, 4) is 0 Å². The number of amides is 1. The minimum Gasteiger partial charge on any atom is -0.373 e. The van der Waals surface area contributed by atoms with Crippen molar-refractivity contribution in [2.24, 2.45) is 0 Å². The molecule has 0 saturated carbocycles. The molecule has 1 aromatic carbocycles. The van der Waals surface area contributed by atoms with Gasteiger partial charge in [-0.25, -0.2) is 0 Å². The molecule has 0 aromatic heterocycles. The SMILES string of the molecule is CCNC(=O)C(C)Nc1ccc(Br)cc1C(F)(F)F. The van der Waals surface area contributed by atoms with Crippen LogP contribution >= 0.6 is 15.9 Å². The van der Waals surface area contributed by atoms with E-state index in [1.807, 2.05) is 0 Å². The highest BCUT2D eigenvalue weighted by molar-refractivity contribution is 9.10. The number of anilines is 1. The van der Waals surface area contributed by atoms with Crippen LogP contribution in [0.5, 0.6) is 0 Å². The minimum atomic E-state index is -4.48. The van der Waals surface area contributed by atoms with Gasteiger partial charge in [0.2, 0.25) is 5.91 Å². The third-order valence-electron chi connectivity index (χ3n) is 2.40. The number of benzene rings is 1. The molecule has 1 rings (SSSR count). The summed E-state index contributed by atoms with van der Waals surface area (Å²) in [6, 6.07) is 3.01. The second-order valence-electron chi connectivity index (χ2n) is 3.95. The number of likely N-dealkylation sites (N-methyl/N-ethyl adjacent to an activating group) is 1. The summed E-state index contributed by atoms with van der Waals surface area (Å²) in [4.78, 5) is 11.5. The minimum absolute atomic E-state index is 0.116. The number of hydrogen-bond acceptors (Lipinski definition) is 2. The van der Waals surface area contributed by atoms with Crippen molar-refractivity contribution in [3.63, 3.8) is 0 Å². The molecule has 106 valence electrons. The molecule has 19 heavy (non-hydrogen) atoms. The van der Waals surface area contributed by atoms with Crippen LogP contribution in [0.4, 0.5) is 18.9 Å². The zero-order valence-corrected chi connectivity index (χ0v) is 12.0. The first-order valence-corrected chi connectivity index (χ1v) is 6.46. The van der Waals surface area contributed by atoms with Crippen molar-refractivity contribution in [3.05, 3.63) is 28.2 Å². The number of carbonyl (C=O) groups is 1. The molecule has 0 fully saturated rings. The molecule has 1 aromatic rings. The van der Waals surface area contributed by atoms with Gasteiger partial charge in [-0.3, -0.25) is 4.79 Å². The molecule has 1 unspecified atom stereocenters. The highest BCUT2D eigenvalue weighted by Crippen LogP contribution is 2.36. The normalized spacial score (nSPS) is 12.9. The molecule has 0 radical (unpaired) electrons. The highest BCUT2D eigenvalue weighted by atomic mass is 79.9. The lowest BCUT2D eigenvalue weighted by Crippen LogP contribution is -2.37. The summed E-state index contributed by atoms with van der Waals surface area (Å²) in [5.74, 6) is -0.349. The zero-order chi connectivity index (χ0) is 14.6. The Morgan fingerprint density at radius 3 is 2.58 bits per heavy atom. The first-order valence-electron chi connectivity index (χ1n) is 5.66. The molecular weight excluding hydrogens is 325 g/mol. The van der Waals surface area contributed by atoms with Crippen molar-refractivity contribution in [2.45, 2.75) is 26.1 Å². The van der Waals surface area contributed by atoms with Crippen molar-refractivity contribution >= 4 is 27.5 Å². The number of alkyl halides is 3. The third kappa shape index (κ3) is 4.41. The van der Waals surface area contributed by atoms with Crippen molar-refractivity contribution < 1.29 is 18.0 Å². The molecule has 1 atom stereocenters. The topological polar surface area (TPSA) is 41.1 Å². The molecule has 3 nitrogen and oxygen atoms in total. The Morgan fingerprint density at radius 2 is 2.05 bits per heavy atom. The Kier molecular flexibility index (Phi) is 5.22. The van der Waals surface area contributed by atoms with Gasteiger partial charge < -0.3 is 10.6 Å². The first-order chi connectivity index (χ1) is 8.75. The van der Waals surface area contributed by atoms with Gasteiger partial charge in [0, 0.05) is 16.7 Å². The van der Waals surface area contributed by atoms with Gasteiger partial charge >= 0.3 is 6.18 Å². The predicted octanol–water partition coefficient (Wildman–Crippen LogP) is 3.40. The summed E-state index contributed by atoms with van der Waals surface area (Å²) in [5.41, 5.74) is -0.924. The molecule has 2 N–H and O–H groups in total. The smallest absolute Gasteiger partial charge is 0.373 e. The van der Waals surface area contributed by atoms with Crippen LogP contribution in [0.3, 0.4) is 0 Å². The number of halogens is 4. The number of nitrogens with one attached hydrogen (secondary N) is 2. The average molecular weight is 339 g/mol. The maximum Gasteiger partial charge on any atom is 0.418 e. The maximum atomic E-state index is 12.9. The van der Waals surface area contributed by atoms with E-state index in [-0.39, 0.29) is 11.6 Å². The van der Waals surface area contributed by atoms with Gasteiger partial charge in [-0.1, -0.05) is 15.9 Å². The fraction of sp³-hybridized carbons (Fsp3) is 0.417. The van der Waals surface area contributed by atoms with Crippen LogP contribution in [-0.4, -0.2) is 18.5 Å².